The predicted molar refractivity (Wildman–Crippen MR) is 348 cm³/mol. The molecule has 0 N–H and O–H groups in total. The van der Waals surface area contributed by atoms with Crippen molar-refractivity contribution in [2.24, 2.45) is 5.92 Å². The van der Waals surface area contributed by atoms with Gasteiger partial charge in [-0.2, -0.15) is 0 Å². The Morgan fingerprint density at radius 2 is 0.549 bits per heavy atom. The van der Waals surface area contributed by atoms with Gasteiger partial charge < -0.3 is 0 Å². The minimum Gasteiger partial charge on any atom is -0.0834 e. The van der Waals surface area contributed by atoms with Gasteiger partial charge in [-0.15, -0.1) is 0 Å². The highest BCUT2D eigenvalue weighted by molar-refractivity contribution is 6.01. The molecule has 1 unspecified atom stereocenters. The maximum atomic E-state index is 2.53. The van der Waals surface area contributed by atoms with E-state index in [2.05, 4.69) is 335 Å². The van der Waals surface area contributed by atoms with E-state index in [9.17, 15) is 0 Å². The summed E-state index contributed by atoms with van der Waals surface area (Å²) in [5, 5.41) is 0. The van der Waals surface area contributed by atoms with E-state index in [4.69, 9.17) is 0 Å². The van der Waals surface area contributed by atoms with Crippen molar-refractivity contribution in [2.45, 2.75) is 18.8 Å². The van der Waals surface area contributed by atoms with Gasteiger partial charge >= 0.3 is 0 Å². The molecule has 3 aliphatic carbocycles. The summed E-state index contributed by atoms with van der Waals surface area (Å²) in [4.78, 5) is 0. The molecule has 0 saturated heterocycles. The first kappa shape index (κ1) is 50.1. The minimum atomic E-state index is -0.721. The molecule has 14 rings (SSSR count). The van der Waals surface area contributed by atoms with Crippen LogP contribution in [-0.2, 0) is 5.41 Å². The summed E-state index contributed by atoms with van der Waals surface area (Å²) in [6, 6.07) is 105. The molecule has 0 bridgehead atoms. The van der Waals surface area contributed by atoms with Crippen LogP contribution in [0.1, 0.15) is 96.8 Å². The Morgan fingerprint density at radius 3 is 0.805 bits per heavy atom. The van der Waals surface area contributed by atoms with Crippen molar-refractivity contribution < 1.29 is 0 Å². The highest BCUT2D eigenvalue weighted by atomic mass is 14.5. The molecule has 0 aromatic heterocycles. The second kappa shape index (κ2) is 21.8. The summed E-state index contributed by atoms with van der Waals surface area (Å²) < 4.78 is 0. The molecule has 0 radical (unpaired) electrons. The first-order chi connectivity index (χ1) is 40.5. The highest BCUT2D eigenvalue weighted by Gasteiger charge is 2.52. The first-order valence-electron chi connectivity index (χ1n) is 28.8. The molecule has 0 saturated carbocycles. The molecule has 1 atom stereocenters. The van der Waals surface area contributed by atoms with Crippen molar-refractivity contribution in [1.82, 2.24) is 0 Å². The number of allylic oxidation sites excluding steroid dienone is 5. The van der Waals surface area contributed by atoms with Gasteiger partial charge in [0.05, 0.1) is 5.41 Å². The van der Waals surface area contributed by atoms with E-state index in [1.165, 1.54) is 117 Å². The van der Waals surface area contributed by atoms with Gasteiger partial charge in [0.2, 0.25) is 0 Å². The third-order valence-corrected chi connectivity index (χ3v) is 16.8. The number of benzene rings is 11. The molecule has 11 aromatic rings. The predicted octanol–water partition coefficient (Wildman–Crippen LogP) is 20.9. The molecular formula is C82H60. The van der Waals surface area contributed by atoms with Crippen LogP contribution in [0.2, 0.25) is 0 Å². The first-order valence-corrected chi connectivity index (χ1v) is 28.8. The Morgan fingerprint density at radius 1 is 0.305 bits per heavy atom. The fraction of sp³-hybridized carbons (Fsp3) is 0.0488. The Labute approximate surface area is 483 Å². The number of fused-ring (bicyclic) bond motifs is 10. The van der Waals surface area contributed by atoms with Crippen LogP contribution in [0.4, 0.5) is 0 Å². The van der Waals surface area contributed by atoms with Gasteiger partial charge in [-0.3, -0.25) is 0 Å². The summed E-state index contributed by atoms with van der Waals surface area (Å²) >= 11 is 0. The molecule has 11 aromatic carbocycles. The third kappa shape index (κ3) is 9.39. The summed E-state index contributed by atoms with van der Waals surface area (Å²) in [6.07, 6.45) is 17.8. The second-order valence-electron chi connectivity index (χ2n) is 22.0. The summed E-state index contributed by atoms with van der Waals surface area (Å²) in [7, 11) is 0. The van der Waals surface area contributed by atoms with Gasteiger partial charge in [-0.05, 0) is 194 Å². The van der Waals surface area contributed by atoms with Crippen LogP contribution in [0.3, 0.4) is 0 Å². The molecule has 0 aliphatic heterocycles. The van der Waals surface area contributed by atoms with Crippen LogP contribution in [0.25, 0.3) is 68.9 Å². The quantitative estimate of drug-likeness (QED) is 0.107. The molecule has 3 aliphatic rings. The number of rotatable bonds is 12. The smallest absolute Gasteiger partial charge is 0.0726 e. The standard InChI is InChI=1S/C82H60/c1-57-24-23-39-69(48-57)77(68-37-21-8-22-38-68)52-61-43-47-73-72-46-42-60(51-76(66-33-17-6-18-34-66)67-35-19-7-20-36-67)55-80(72)82(81(73)56-61)78-53-58(49-74(62-25-9-2-10-26-62)63-27-11-3-12-28-63)40-44-70(78)71-45-41-59(54-79(71)82)50-75(64-29-13-4-14-30-64)65-31-15-5-16-32-65/h2-23,25-57H,24H2,1H3/b77-52+. The zero-order valence-corrected chi connectivity index (χ0v) is 46.0. The van der Waals surface area contributed by atoms with E-state index in [-0.39, 0.29) is 0 Å². The Balaban J connectivity index is 1.07. The topological polar surface area (TPSA) is 0 Å². The van der Waals surface area contributed by atoms with Crippen LogP contribution in [0.5, 0.6) is 0 Å². The van der Waals surface area contributed by atoms with Crippen LogP contribution in [0.15, 0.2) is 309 Å². The largest absolute Gasteiger partial charge is 0.0834 e. The highest BCUT2D eigenvalue weighted by Crippen LogP contribution is 2.64. The molecule has 0 nitrogen and oxygen atoms in total. The minimum absolute atomic E-state index is 0.448. The SMILES string of the molecule is CC1C=C(/C(=C/c2ccc3c(c2)C2(c4cc(C=C(c5ccccc5)c5ccccc5)ccc4-c4ccc(C=C(c5ccccc5)c5ccccc5)cc42)c2cc(C=C(c4ccccc4)c4ccccc4)ccc2-3)c2ccccc2)C=CC1. The Hall–Kier alpha value is -10.1. The van der Waals surface area contributed by atoms with E-state index < -0.39 is 5.41 Å². The maximum absolute atomic E-state index is 2.53. The van der Waals surface area contributed by atoms with Crippen molar-refractivity contribution in [3.05, 3.63) is 392 Å². The Bertz CT molecular complexity index is 3930. The fourth-order valence-corrected chi connectivity index (χ4v) is 13.0. The van der Waals surface area contributed by atoms with Crippen molar-refractivity contribution in [3.63, 3.8) is 0 Å². The van der Waals surface area contributed by atoms with Crippen LogP contribution in [-0.4, -0.2) is 0 Å². The van der Waals surface area contributed by atoms with Crippen LogP contribution >= 0.6 is 0 Å². The van der Waals surface area contributed by atoms with Crippen molar-refractivity contribution in [3.8, 4) is 22.3 Å². The van der Waals surface area contributed by atoms with E-state index in [0.717, 1.165) is 23.1 Å². The zero-order chi connectivity index (χ0) is 54.8. The lowest BCUT2D eigenvalue weighted by Crippen LogP contribution is -2.26. The fourth-order valence-electron chi connectivity index (χ4n) is 13.0. The monoisotopic (exact) mass is 1040 g/mol. The Kier molecular flexibility index (Phi) is 13.3. The van der Waals surface area contributed by atoms with Gasteiger partial charge in [-0.25, -0.2) is 0 Å². The van der Waals surface area contributed by atoms with Crippen LogP contribution < -0.4 is 0 Å². The van der Waals surface area contributed by atoms with Crippen LogP contribution in [0, 0.1) is 5.92 Å². The molecule has 388 valence electrons. The second-order valence-corrected chi connectivity index (χ2v) is 22.0. The number of hydrogen-bond donors (Lipinski definition) is 0. The van der Waals surface area contributed by atoms with E-state index in [1.807, 2.05) is 0 Å². The average molecular weight is 1050 g/mol. The summed E-state index contributed by atoms with van der Waals surface area (Å²) in [5.41, 5.74) is 28.4. The van der Waals surface area contributed by atoms with Gasteiger partial charge in [0, 0.05) is 0 Å². The van der Waals surface area contributed by atoms with E-state index in [0.29, 0.717) is 5.92 Å². The molecule has 0 heteroatoms. The van der Waals surface area contributed by atoms with Gasteiger partial charge in [0.1, 0.15) is 0 Å². The lowest BCUT2D eigenvalue weighted by atomic mass is 9.69. The molecule has 0 fully saturated rings. The molecule has 0 heterocycles. The summed E-state index contributed by atoms with van der Waals surface area (Å²) in [5.74, 6) is 0.448. The van der Waals surface area contributed by atoms with Crippen molar-refractivity contribution in [1.29, 1.82) is 0 Å². The lowest BCUT2D eigenvalue weighted by Gasteiger charge is -2.31. The lowest BCUT2D eigenvalue weighted by molar-refractivity contribution is 0.733. The van der Waals surface area contributed by atoms with E-state index >= 15 is 0 Å². The summed E-state index contributed by atoms with van der Waals surface area (Å²) in [6.45, 7) is 2.32. The van der Waals surface area contributed by atoms with Crippen molar-refractivity contribution >= 4 is 46.6 Å². The van der Waals surface area contributed by atoms with Gasteiger partial charge in [0.15, 0.2) is 0 Å². The molecular weight excluding hydrogens is 985 g/mol. The van der Waals surface area contributed by atoms with Gasteiger partial charge in [-0.1, -0.05) is 286 Å². The molecule has 82 heavy (non-hydrogen) atoms. The molecule has 1 spiro atoms. The van der Waals surface area contributed by atoms with Crippen molar-refractivity contribution in [2.75, 3.05) is 0 Å². The number of hydrogen-bond acceptors (Lipinski definition) is 0. The van der Waals surface area contributed by atoms with E-state index in [1.54, 1.807) is 0 Å². The third-order valence-electron chi connectivity index (χ3n) is 16.8. The maximum Gasteiger partial charge on any atom is 0.0726 e. The average Bonchev–Trinajstić information content (AvgIpc) is 2.57. The molecule has 0 amide bonds. The van der Waals surface area contributed by atoms with Gasteiger partial charge in [0.25, 0.3) is 0 Å². The normalized spacial score (nSPS) is 14.2. The zero-order valence-electron chi connectivity index (χ0n) is 46.0.